The molecule has 1 saturated carbocycles. The minimum atomic E-state index is -1.11. The van der Waals surface area contributed by atoms with E-state index in [9.17, 15) is 14.0 Å². The zero-order chi connectivity index (χ0) is 21.6. The molecule has 2 aliphatic rings. The number of hydrogen-bond acceptors (Lipinski definition) is 6. The first-order chi connectivity index (χ1) is 15.1. The van der Waals surface area contributed by atoms with Crippen LogP contribution in [0.25, 0.3) is 0 Å². The number of benzene rings is 1. The van der Waals surface area contributed by atoms with Crippen LogP contribution in [0.5, 0.6) is 0 Å². The van der Waals surface area contributed by atoms with Crippen LogP contribution < -0.4 is 5.32 Å². The zero-order valence-corrected chi connectivity index (χ0v) is 18.2. The summed E-state index contributed by atoms with van der Waals surface area (Å²) in [6.45, 7) is 0.803. The van der Waals surface area contributed by atoms with Crippen molar-refractivity contribution in [2.75, 3.05) is 13.2 Å². The number of halogens is 1. The van der Waals surface area contributed by atoms with E-state index in [4.69, 9.17) is 4.74 Å². The van der Waals surface area contributed by atoms with E-state index in [-0.39, 0.29) is 35.9 Å². The Kier molecular flexibility index (Phi) is 7.24. The average molecular weight is 447 g/mol. The molecule has 2 heterocycles. The summed E-state index contributed by atoms with van der Waals surface area (Å²) < 4.78 is 24.4. The monoisotopic (exact) mass is 446 g/mol. The fourth-order valence-corrected chi connectivity index (χ4v) is 4.82. The van der Waals surface area contributed by atoms with Gasteiger partial charge in [-0.15, -0.1) is 5.10 Å². The Labute approximate surface area is 185 Å². The molecular formula is C22H27FN4O3S. The summed E-state index contributed by atoms with van der Waals surface area (Å²) in [5, 5.41) is 8.52. The lowest BCUT2D eigenvalue weighted by Gasteiger charge is -2.34. The molecule has 1 aliphatic carbocycles. The SMILES string of the molecule is O=C(NC1CCCCC1)[C@@H](c1ccccc1F)N(C[C@@H]1CCCO1)C(=O)c1csnn1. The molecule has 1 saturated heterocycles. The van der Waals surface area contributed by atoms with Crippen molar-refractivity contribution in [1.29, 1.82) is 0 Å². The van der Waals surface area contributed by atoms with Crippen LogP contribution in [-0.2, 0) is 9.53 Å². The van der Waals surface area contributed by atoms with Crippen molar-refractivity contribution in [2.24, 2.45) is 0 Å². The highest BCUT2D eigenvalue weighted by molar-refractivity contribution is 7.03. The molecule has 2 amide bonds. The van der Waals surface area contributed by atoms with Gasteiger partial charge in [0.05, 0.1) is 6.10 Å². The van der Waals surface area contributed by atoms with Gasteiger partial charge in [-0.05, 0) is 43.3 Å². The quantitative estimate of drug-likeness (QED) is 0.704. The summed E-state index contributed by atoms with van der Waals surface area (Å²) in [7, 11) is 0. The van der Waals surface area contributed by atoms with Gasteiger partial charge < -0.3 is 15.0 Å². The largest absolute Gasteiger partial charge is 0.376 e. The summed E-state index contributed by atoms with van der Waals surface area (Å²) in [5.74, 6) is -1.34. The van der Waals surface area contributed by atoms with Crippen molar-refractivity contribution in [1.82, 2.24) is 19.8 Å². The third-order valence-corrected chi connectivity index (χ3v) is 6.48. The smallest absolute Gasteiger partial charge is 0.276 e. The highest BCUT2D eigenvalue weighted by atomic mass is 32.1. The maximum Gasteiger partial charge on any atom is 0.276 e. The number of carbonyl (C=O) groups is 2. The molecular weight excluding hydrogens is 419 g/mol. The van der Waals surface area contributed by atoms with Gasteiger partial charge in [-0.2, -0.15) is 0 Å². The predicted octanol–water partition coefficient (Wildman–Crippen LogP) is 3.49. The van der Waals surface area contributed by atoms with Gasteiger partial charge in [0.15, 0.2) is 5.69 Å². The van der Waals surface area contributed by atoms with Crippen molar-refractivity contribution >= 4 is 23.3 Å². The molecule has 2 atom stereocenters. The number of aromatic nitrogens is 2. The van der Waals surface area contributed by atoms with Crippen LogP contribution >= 0.6 is 11.5 Å². The maximum atomic E-state index is 14.9. The third kappa shape index (κ3) is 5.27. The van der Waals surface area contributed by atoms with Crippen LogP contribution in [-0.4, -0.2) is 51.6 Å². The van der Waals surface area contributed by atoms with Crippen LogP contribution in [0.2, 0.25) is 0 Å². The fraction of sp³-hybridized carbons (Fsp3) is 0.545. The van der Waals surface area contributed by atoms with Crippen LogP contribution in [0, 0.1) is 5.82 Å². The first kappa shape index (κ1) is 21.8. The molecule has 0 radical (unpaired) electrons. The van der Waals surface area contributed by atoms with Gasteiger partial charge in [-0.1, -0.05) is 41.9 Å². The first-order valence-corrected chi connectivity index (χ1v) is 11.7. The maximum absolute atomic E-state index is 14.9. The van der Waals surface area contributed by atoms with Crippen LogP contribution in [0.3, 0.4) is 0 Å². The normalized spacial score (nSPS) is 20.4. The summed E-state index contributed by atoms with van der Waals surface area (Å²) in [6.07, 6.45) is 6.53. The lowest BCUT2D eigenvalue weighted by molar-refractivity contribution is -0.127. The minimum Gasteiger partial charge on any atom is -0.376 e. The summed E-state index contributed by atoms with van der Waals surface area (Å²) in [4.78, 5) is 28.3. The Bertz CT molecular complexity index is 883. The number of ether oxygens (including phenoxy) is 1. The lowest BCUT2D eigenvalue weighted by atomic mass is 9.94. The predicted molar refractivity (Wildman–Crippen MR) is 114 cm³/mol. The van der Waals surface area contributed by atoms with E-state index in [2.05, 4.69) is 14.9 Å². The Morgan fingerprint density at radius 3 is 2.68 bits per heavy atom. The highest BCUT2D eigenvalue weighted by Gasteiger charge is 2.37. The van der Waals surface area contributed by atoms with E-state index in [1.807, 2.05) is 0 Å². The van der Waals surface area contributed by atoms with Crippen molar-refractivity contribution in [3.05, 3.63) is 46.7 Å². The molecule has 4 rings (SSSR count). The summed E-state index contributed by atoms with van der Waals surface area (Å²) in [6, 6.07) is 5.06. The molecule has 2 fully saturated rings. The topological polar surface area (TPSA) is 84.4 Å². The van der Waals surface area contributed by atoms with Gasteiger partial charge in [0.1, 0.15) is 11.9 Å². The van der Waals surface area contributed by atoms with Crippen molar-refractivity contribution < 1.29 is 18.7 Å². The fourth-order valence-electron chi connectivity index (χ4n) is 4.39. The molecule has 1 aromatic heterocycles. The van der Waals surface area contributed by atoms with Crippen molar-refractivity contribution in [3.8, 4) is 0 Å². The number of rotatable bonds is 7. The Hall–Kier alpha value is -2.39. The van der Waals surface area contributed by atoms with Crippen molar-refractivity contribution in [3.63, 3.8) is 0 Å². The lowest BCUT2D eigenvalue weighted by Crippen LogP contribution is -2.49. The van der Waals surface area contributed by atoms with Gasteiger partial charge in [0, 0.05) is 30.1 Å². The van der Waals surface area contributed by atoms with E-state index < -0.39 is 17.8 Å². The van der Waals surface area contributed by atoms with Gasteiger partial charge in [0.2, 0.25) is 5.91 Å². The number of amides is 2. The number of nitrogens with zero attached hydrogens (tertiary/aromatic N) is 3. The second-order valence-corrected chi connectivity index (χ2v) is 8.76. The first-order valence-electron chi connectivity index (χ1n) is 10.9. The molecule has 0 bridgehead atoms. The number of nitrogens with one attached hydrogen (secondary N) is 1. The Balaban J connectivity index is 1.68. The standard InChI is InChI=1S/C22H27FN4O3S/c23-18-11-5-4-10-17(18)20(21(28)24-15-7-2-1-3-8-15)27(13-16-9-6-12-30-16)22(29)19-14-31-26-25-19/h4-5,10-11,14-16,20H,1-3,6-9,12-13H2,(H,24,28)/t16-,20+/m0/s1. The van der Waals surface area contributed by atoms with Crippen LogP contribution in [0.15, 0.2) is 29.6 Å². The van der Waals surface area contributed by atoms with Gasteiger partial charge in [0.25, 0.3) is 5.91 Å². The van der Waals surface area contributed by atoms with Crippen LogP contribution in [0.1, 0.15) is 67.0 Å². The Morgan fingerprint density at radius 2 is 2.00 bits per heavy atom. The molecule has 0 unspecified atom stereocenters. The van der Waals surface area contributed by atoms with E-state index in [1.165, 1.54) is 11.0 Å². The molecule has 9 heteroatoms. The minimum absolute atomic E-state index is 0.0381. The van der Waals surface area contributed by atoms with Crippen molar-refractivity contribution in [2.45, 2.75) is 63.1 Å². The van der Waals surface area contributed by atoms with E-state index in [0.29, 0.717) is 6.61 Å². The number of carbonyl (C=O) groups excluding carboxylic acids is 2. The average Bonchev–Trinajstić information content (AvgIpc) is 3.49. The van der Waals surface area contributed by atoms with Crippen LogP contribution in [0.4, 0.5) is 4.39 Å². The molecule has 1 aliphatic heterocycles. The van der Waals surface area contributed by atoms with Gasteiger partial charge >= 0.3 is 0 Å². The molecule has 0 spiro atoms. The second kappa shape index (κ2) is 10.3. The second-order valence-electron chi connectivity index (χ2n) is 8.15. The molecule has 166 valence electrons. The van der Waals surface area contributed by atoms with E-state index >= 15 is 0 Å². The molecule has 1 aromatic carbocycles. The third-order valence-electron chi connectivity index (χ3n) is 5.98. The summed E-state index contributed by atoms with van der Waals surface area (Å²) in [5.41, 5.74) is 0.320. The van der Waals surface area contributed by atoms with E-state index in [0.717, 1.165) is 56.5 Å². The molecule has 1 N–H and O–H groups in total. The van der Waals surface area contributed by atoms with E-state index in [1.54, 1.807) is 23.6 Å². The molecule has 2 aromatic rings. The highest BCUT2D eigenvalue weighted by Crippen LogP contribution is 2.29. The van der Waals surface area contributed by atoms with Gasteiger partial charge in [-0.3, -0.25) is 9.59 Å². The Morgan fingerprint density at radius 1 is 1.19 bits per heavy atom. The summed E-state index contributed by atoms with van der Waals surface area (Å²) >= 11 is 1.06. The zero-order valence-electron chi connectivity index (χ0n) is 17.3. The molecule has 31 heavy (non-hydrogen) atoms. The van der Waals surface area contributed by atoms with Gasteiger partial charge in [-0.25, -0.2) is 4.39 Å². The molecule has 7 nitrogen and oxygen atoms in total. The number of hydrogen-bond donors (Lipinski definition) is 1.